The number of nitrogens with two attached hydrogens (primary N) is 2. The third kappa shape index (κ3) is 3.23. The molecule has 16 heavy (non-hydrogen) atoms. The molecule has 88 valence electrons. The van der Waals surface area contributed by atoms with Gasteiger partial charge in [0.15, 0.2) is 0 Å². The summed E-state index contributed by atoms with van der Waals surface area (Å²) in [6.45, 7) is 2.35. The van der Waals surface area contributed by atoms with Crippen molar-refractivity contribution in [3.63, 3.8) is 0 Å². The van der Waals surface area contributed by atoms with Crippen LogP contribution >= 0.6 is 0 Å². The fourth-order valence-corrected chi connectivity index (χ4v) is 2.17. The molecule has 6 heteroatoms. The fraction of sp³-hybridized carbons (Fsp3) is 0.300. The fourth-order valence-electron chi connectivity index (χ4n) is 1.18. The molecule has 0 saturated heterocycles. The Kier molecular flexibility index (Phi) is 4.30. The number of benzene rings is 1. The van der Waals surface area contributed by atoms with Crippen LogP contribution in [0.15, 0.2) is 23.1 Å². The highest BCUT2D eigenvalue weighted by molar-refractivity contribution is 7.86. The van der Waals surface area contributed by atoms with Crippen LogP contribution in [0.1, 0.15) is 6.92 Å². The Morgan fingerprint density at radius 1 is 1.50 bits per heavy atom. The van der Waals surface area contributed by atoms with E-state index in [4.69, 9.17) is 16.2 Å². The molecule has 0 fully saturated rings. The van der Waals surface area contributed by atoms with Crippen molar-refractivity contribution in [1.29, 1.82) is 0 Å². The summed E-state index contributed by atoms with van der Waals surface area (Å²) in [6.07, 6.45) is 0. The van der Waals surface area contributed by atoms with Crippen LogP contribution in [0.3, 0.4) is 0 Å². The summed E-state index contributed by atoms with van der Waals surface area (Å²) in [5.41, 5.74) is 11.0. The number of hydrogen-bond donors (Lipinski definition) is 2. The number of carbonyl (C=O) groups excluding carboxylic acids is 1. The zero-order chi connectivity index (χ0) is 12.1. The number of ether oxygens (including phenoxy) is 1. The predicted molar refractivity (Wildman–Crippen MR) is 62.5 cm³/mol. The van der Waals surface area contributed by atoms with Gasteiger partial charge in [-0.3, -0.25) is 9.00 Å². The van der Waals surface area contributed by atoms with E-state index in [-0.39, 0.29) is 5.75 Å². The van der Waals surface area contributed by atoms with Gasteiger partial charge in [0.2, 0.25) is 5.91 Å². The van der Waals surface area contributed by atoms with Crippen molar-refractivity contribution in [1.82, 2.24) is 0 Å². The maximum atomic E-state index is 11.7. The van der Waals surface area contributed by atoms with Crippen molar-refractivity contribution in [3.8, 4) is 5.75 Å². The van der Waals surface area contributed by atoms with E-state index in [0.29, 0.717) is 22.9 Å². The standard InChI is InChI=1S/C10H14N2O3S/c1-2-15-7-3-4-8(11)9(5-7)16(14)6-10(12)13/h3-5H,2,6,11H2,1H3,(H2,12,13). The number of amides is 1. The van der Waals surface area contributed by atoms with Gasteiger partial charge in [-0.05, 0) is 25.1 Å². The molecular formula is C10H14N2O3S. The zero-order valence-electron chi connectivity index (χ0n) is 8.93. The van der Waals surface area contributed by atoms with E-state index >= 15 is 0 Å². The van der Waals surface area contributed by atoms with Gasteiger partial charge >= 0.3 is 0 Å². The van der Waals surface area contributed by atoms with Gasteiger partial charge in [-0.1, -0.05) is 0 Å². The molecule has 0 aliphatic heterocycles. The third-order valence-electron chi connectivity index (χ3n) is 1.81. The monoisotopic (exact) mass is 242 g/mol. The van der Waals surface area contributed by atoms with E-state index in [0.717, 1.165) is 0 Å². The highest BCUT2D eigenvalue weighted by Gasteiger charge is 2.12. The maximum Gasteiger partial charge on any atom is 0.230 e. The lowest BCUT2D eigenvalue weighted by atomic mass is 10.3. The second-order valence-electron chi connectivity index (χ2n) is 3.09. The van der Waals surface area contributed by atoms with Gasteiger partial charge in [-0.25, -0.2) is 0 Å². The molecule has 1 atom stereocenters. The summed E-state index contributed by atoms with van der Waals surface area (Å²) in [7, 11) is -1.52. The lowest BCUT2D eigenvalue weighted by molar-refractivity contribution is -0.115. The Labute approximate surface area is 96.2 Å². The SMILES string of the molecule is CCOc1ccc(N)c(S(=O)CC(N)=O)c1. The Hall–Kier alpha value is -1.56. The number of carbonyl (C=O) groups is 1. The molecule has 5 nitrogen and oxygen atoms in total. The second kappa shape index (κ2) is 5.50. The van der Waals surface area contributed by atoms with Crippen LogP contribution in [0.5, 0.6) is 5.75 Å². The van der Waals surface area contributed by atoms with Gasteiger partial charge < -0.3 is 16.2 Å². The molecule has 0 bridgehead atoms. The maximum absolute atomic E-state index is 11.7. The van der Waals surface area contributed by atoms with E-state index < -0.39 is 16.7 Å². The number of rotatable bonds is 5. The van der Waals surface area contributed by atoms with Crippen LogP contribution in [0.4, 0.5) is 5.69 Å². The first-order chi connectivity index (χ1) is 7.54. The topological polar surface area (TPSA) is 95.4 Å². The molecule has 1 aromatic carbocycles. The van der Waals surface area contributed by atoms with Crippen molar-refractivity contribution in [2.24, 2.45) is 5.73 Å². The minimum Gasteiger partial charge on any atom is -0.494 e. The molecule has 1 unspecified atom stereocenters. The largest absolute Gasteiger partial charge is 0.494 e. The van der Waals surface area contributed by atoms with Crippen molar-refractivity contribution in [2.45, 2.75) is 11.8 Å². The van der Waals surface area contributed by atoms with E-state index in [1.807, 2.05) is 6.92 Å². The number of primary amides is 1. The van der Waals surface area contributed by atoms with Crippen molar-refractivity contribution >= 4 is 22.4 Å². The Morgan fingerprint density at radius 2 is 2.19 bits per heavy atom. The average Bonchev–Trinajstić information content (AvgIpc) is 2.20. The van der Waals surface area contributed by atoms with Crippen LogP contribution in [0.2, 0.25) is 0 Å². The highest BCUT2D eigenvalue weighted by atomic mass is 32.2. The normalized spacial score (nSPS) is 12.1. The minimum atomic E-state index is -1.52. The number of nitrogen functional groups attached to an aromatic ring is 1. The van der Waals surface area contributed by atoms with Crippen LogP contribution < -0.4 is 16.2 Å². The summed E-state index contributed by atoms with van der Waals surface area (Å²) in [4.78, 5) is 11.0. The first-order valence-corrected chi connectivity index (χ1v) is 6.05. The van der Waals surface area contributed by atoms with E-state index in [1.165, 1.54) is 0 Å². The van der Waals surface area contributed by atoms with E-state index in [1.54, 1.807) is 18.2 Å². The number of hydrogen-bond acceptors (Lipinski definition) is 4. The average molecular weight is 242 g/mol. The minimum absolute atomic E-state index is 0.236. The molecule has 0 aliphatic rings. The molecule has 0 aliphatic carbocycles. The molecule has 0 saturated carbocycles. The van der Waals surface area contributed by atoms with Crippen LogP contribution in [-0.4, -0.2) is 22.5 Å². The summed E-state index contributed by atoms with van der Waals surface area (Å²) < 4.78 is 17.0. The van der Waals surface area contributed by atoms with Crippen LogP contribution in [0, 0.1) is 0 Å². The molecule has 4 N–H and O–H groups in total. The Balaban J connectivity index is 2.97. The van der Waals surface area contributed by atoms with Gasteiger partial charge in [0, 0.05) is 5.69 Å². The number of anilines is 1. The second-order valence-corrected chi connectivity index (χ2v) is 4.51. The molecule has 0 aromatic heterocycles. The molecule has 1 amide bonds. The third-order valence-corrected chi connectivity index (χ3v) is 3.21. The van der Waals surface area contributed by atoms with Crippen LogP contribution in [0.25, 0.3) is 0 Å². The summed E-state index contributed by atoms with van der Waals surface area (Å²) >= 11 is 0. The first-order valence-electron chi connectivity index (χ1n) is 4.73. The Bertz CT molecular complexity index is 421. The summed E-state index contributed by atoms with van der Waals surface area (Å²) in [5, 5.41) is 0. The molecule has 0 heterocycles. The highest BCUT2D eigenvalue weighted by Crippen LogP contribution is 2.22. The summed E-state index contributed by atoms with van der Waals surface area (Å²) in [6, 6.07) is 4.85. The lowest BCUT2D eigenvalue weighted by Gasteiger charge is -2.08. The van der Waals surface area contributed by atoms with Crippen LogP contribution in [-0.2, 0) is 15.6 Å². The van der Waals surface area contributed by atoms with Crippen molar-refractivity contribution in [2.75, 3.05) is 18.1 Å². The van der Waals surface area contributed by atoms with Gasteiger partial charge in [-0.15, -0.1) is 0 Å². The van der Waals surface area contributed by atoms with Gasteiger partial charge in [0.25, 0.3) is 0 Å². The molecule has 1 aromatic rings. The van der Waals surface area contributed by atoms with Crippen molar-refractivity contribution < 1.29 is 13.7 Å². The summed E-state index contributed by atoms with van der Waals surface area (Å²) in [5.74, 6) is -0.288. The Morgan fingerprint density at radius 3 is 2.75 bits per heavy atom. The van der Waals surface area contributed by atoms with E-state index in [2.05, 4.69) is 0 Å². The quantitative estimate of drug-likeness (QED) is 0.724. The van der Waals surface area contributed by atoms with Gasteiger partial charge in [0.1, 0.15) is 11.5 Å². The molecule has 0 radical (unpaired) electrons. The molecule has 0 spiro atoms. The predicted octanol–water partition coefficient (Wildman–Crippen LogP) is 0.260. The van der Waals surface area contributed by atoms with Crippen molar-refractivity contribution in [3.05, 3.63) is 18.2 Å². The first kappa shape index (κ1) is 12.5. The smallest absolute Gasteiger partial charge is 0.230 e. The van der Waals surface area contributed by atoms with Gasteiger partial charge in [0.05, 0.1) is 22.3 Å². The molecule has 1 rings (SSSR count). The van der Waals surface area contributed by atoms with E-state index in [9.17, 15) is 9.00 Å². The molecular weight excluding hydrogens is 228 g/mol. The zero-order valence-corrected chi connectivity index (χ0v) is 9.75. The lowest BCUT2D eigenvalue weighted by Crippen LogP contribution is -2.20. The van der Waals surface area contributed by atoms with Gasteiger partial charge in [-0.2, -0.15) is 0 Å².